The van der Waals surface area contributed by atoms with E-state index in [4.69, 9.17) is 0 Å². The molecule has 0 radical (unpaired) electrons. The third-order valence-corrected chi connectivity index (χ3v) is 5.42. The van der Waals surface area contributed by atoms with Crippen molar-refractivity contribution in [3.05, 3.63) is 61.2 Å². The molecule has 0 aliphatic heterocycles. The number of rotatable bonds is 7. The molecule has 1 amide bonds. The molecule has 3 rings (SSSR count). The predicted octanol–water partition coefficient (Wildman–Crippen LogP) is 4.68. The van der Waals surface area contributed by atoms with Gasteiger partial charge in [-0.15, -0.1) is 18.3 Å². The van der Waals surface area contributed by atoms with Crippen LogP contribution in [-0.2, 0) is 11.3 Å². The van der Waals surface area contributed by atoms with Gasteiger partial charge < -0.3 is 9.88 Å². The number of para-hydroxylation sites is 3. The van der Waals surface area contributed by atoms with Crippen LogP contribution in [0.3, 0.4) is 0 Å². The lowest BCUT2D eigenvalue weighted by Crippen LogP contribution is -2.15. The summed E-state index contributed by atoms with van der Waals surface area (Å²) in [4.78, 5) is 18.0. The normalized spacial score (nSPS) is 10.8. The predicted molar refractivity (Wildman–Crippen MR) is 108 cm³/mol. The standard InChI is InChI=1S/C19H19N3OS2/c1-3-12-22-16-10-6-4-8-14(16)21-19(22)25-13-18(23)20-15-9-5-7-11-17(15)24-2/h3-11H,1,12-13H2,2H3,(H,20,23). The third kappa shape index (κ3) is 4.08. The molecule has 25 heavy (non-hydrogen) atoms. The van der Waals surface area contributed by atoms with Gasteiger partial charge in [0.1, 0.15) is 0 Å². The smallest absolute Gasteiger partial charge is 0.234 e. The van der Waals surface area contributed by atoms with Gasteiger partial charge in [0.05, 0.1) is 22.5 Å². The van der Waals surface area contributed by atoms with Crippen LogP contribution in [0.2, 0.25) is 0 Å². The largest absolute Gasteiger partial charge is 0.324 e. The second-order valence-electron chi connectivity index (χ2n) is 5.32. The SMILES string of the molecule is C=CCn1c(SCC(=O)Nc2ccccc2SC)nc2ccccc21. The number of nitrogens with zero attached hydrogens (tertiary/aromatic N) is 2. The minimum atomic E-state index is -0.0382. The van der Waals surface area contributed by atoms with Crippen molar-refractivity contribution in [3.63, 3.8) is 0 Å². The van der Waals surface area contributed by atoms with Gasteiger partial charge in [0.2, 0.25) is 5.91 Å². The quantitative estimate of drug-likeness (QED) is 0.485. The molecule has 0 unspecified atom stereocenters. The molecule has 0 aliphatic carbocycles. The molecule has 0 saturated heterocycles. The number of anilines is 1. The van der Waals surface area contributed by atoms with Gasteiger partial charge in [-0.3, -0.25) is 4.79 Å². The Morgan fingerprint density at radius 1 is 1.24 bits per heavy atom. The Labute approximate surface area is 155 Å². The number of nitrogens with one attached hydrogen (secondary N) is 1. The maximum Gasteiger partial charge on any atom is 0.234 e. The minimum absolute atomic E-state index is 0.0382. The van der Waals surface area contributed by atoms with Gasteiger partial charge >= 0.3 is 0 Å². The van der Waals surface area contributed by atoms with Gasteiger partial charge in [-0.05, 0) is 30.5 Å². The topological polar surface area (TPSA) is 46.9 Å². The molecule has 1 N–H and O–H groups in total. The van der Waals surface area contributed by atoms with E-state index in [1.807, 2.05) is 60.9 Å². The highest BCUT2D eigenvalue weighted by Crippen LogP contribution is 2.26. The van der Waals surface area contributed by atoms with Gasteiger partial charge in [-0.1, -0.05) is 42.1 Å². The van der Waals surface area contributed by atoms with E-state index in [9.17, 15) is 4.79 Å². The summed E-state index contributed by atoms with van der Waals surface area (Å²) in [5.74, 6) is 0.270. The fourth-order valence-electron chi connectivity index (χ4n) is 2.53. The molecule has 0 spiro atoms. The molecular weight excluding hydrogens is 350 g/mol. The Balaban J connectivity index is 1.73. The summed E-state index contributed by atoms with van der Waals surface area (Å²) in [6, 6.07) is 15.8. The van der Waals surface area contributed by atoms with E-state index >= 15 is 0 Å². The van der Waals surface area contributed by atoms with Crippen molar-refractivity contribution in [2.75, 3.05) is 17.3 Å². The fourth-order valence-corrected chi connectivity index (χ4v) is 3.91. The van der Waals surface area contributed by atoms with E-state index in [0.717, 1.165) is 26.8 Å². The summed E-state index contributed by atoms with van der Waals surface area (Å²) < 4.78 is 2.08. The third-order valence-electron chi connectivity index (χ3n) is 3.64. The van der Waals surface area contributed by atoms with E-state index in [0.29, 0.717) is 12.3 Å². The zero-order chi connectivity index (χ0) is 17.6. The Hall–Kier alpha value is -2.18. The molecule has 0 atom stereocenters. The second-order valence-corrected chi connectivity index (χ2v) is 7.11. The molecule has 1 aromatic heterocycles. The van der Waals surface area contributed by atoms with E-state index in [2.05, 4.69) is 21.4 Å². The van der Waals surface area contributed by atoms with Gasteiger partial charge in [-0.25, -0.2) is 4.98 Å². The molecule has 6 heteroatoms. The van der Waals surface area contributed by atoms with E-state index < -0.39 is 0 Å². The summed E-state index contributed by atoms with van der Waals surface area (Å²) in [5, 5.41) is 3.81. The number of aromatic nitrogens is 2. The van der Waals surface area contributed by atoms with Crippen molar-refractivity contribution in [2.24, 2.45) is 0 Å². The summed E-state index contributed by atoms with van der Waals surface area (Å²) in [7, 11) is 0. The number of amides is 1. The Morgan fingerprint density at radius 3 is 2.80 bits per heavy atom. The fraction of sp³-hybridized carbons (Fsp3) is 0.158. The van der Waals surface area contributed by atoms with Crippen molar-refractivity contribution in [3.8, 4) is 0 Å². The summed E-state index contributed by atoms with van der Waals surface area (Å²) in [6.07, 6.45) is 3.84. The van der Waals surface area contributed by atoms with Crippen molar-refractivity contribution in [2.45, 2.75) is 16.6 Å². The van der Waals surface area contributed by atoms with Gasteiger partial charge in [0.15, 0.2) is 5.16 Å². The number of benzene rings is 2. The maximum absolute atomic E-state index is 12.3. The first-order chi connectivity index (χ1) is 12.2. The molecule has 0 bridgehead atoms. The molecular formula is C19H19N3OS2. The highest BCUT2D eigenvalue weighted by atomic mass is 32.2. The van der Waals surface area contributed by atoms with Gasteiger partial charge in [0, 0.05) is 11.4 Å². The maximum atomic E-state index is 12.3. The summed E-state index contributed by atoms with van der Waals surface area (Å²) in [5.41, 5.74) is 2.83. The van der Waals surface area contributed by atoms with Crippen molar-refractivity contribution < 1.29 is 4.79 Å². The number of thioether (sulfide) groups is 2. The zero-order valence-corrected chi connectivity index (χ0v) is 15.6. The number of fused-ring (bicyclic) bond motifs is 1. The summed E-state index contributed by atoms with van der Waals surface area (Å²) >= 11 is 3.05. The van der Waals surface area contributed by atoms with Crippen LogP contribution in [0.1, 0.15) is 0 Å². The zero-order valence-electron chi connectivity index (χ0n) is 13.9. The summed E-state index contributed by atoms with van der Waals surface area (Å²) in [6.45, 7) is 4.48. The lowest BCUT2D eigenvalue weighted by molar-refractivity contribution is -0.113. The molecule has 0 fully saturated rings. The highest BCUT2D eigenvalue weighted by Gasteiger charge is 2.13. The average molecular weight is 370 g/mol. The van der Waals surface area contributed by atoms with Crippen LogP contribution >= 0.6 is 23.5 Å². The van der Waals surface area contributed by atoms with Crippen molar-refractivity contribution in [1.82, 2.24) is 9.55 Å². The number of hydrogen-bond donors (Lipinski definition) is 1. The number of carbonyl (C=O) groups excluding carboxylic acids is 1. The second kappa shape index (κ2) is 8.27. The molecule has 0 saturated carbocycles. The van der Waals surface area contributed by atoms with Gasteiger partial charge in [-0.2, -0.15) is 0 Å². The van der Waals surface area contributed by atoms with E-state index in [-0.39, 0.29) is 5.91 Å². The van der Waals surface area contributed by atoms with Crippen molar-refractivity contribution >= 4 is 46.2 Å². The average Bonchev–Trinajstić information content (AvgIpc) is 2.99. The van der Waals surface area contributed by atoms with Crippen LogP contribution in [0.5, 0.6) is 0 Å². The molecule has 1 heterocycles. The molecule has 2 aromatic carbocycles. The first-order valence-electron chi connectivity index (χ1n) is 7.84. The van der Waals surface area contributed by atoms with Crippen LogP contribution in [0, 0.1) is 0 Å². The van der Waals surface area contributed by atoms with Crippen LogP contribution in [0.25, 0.3) is 11.0 Å². The Morgan fingerprint density at radius 2 is 2.00 bits per heavy atom. The monoisotopic (exact) mass is 369 g/mol. The van der Waals surface area contributed by atoms with Crippen LogP contribution in [0.4, 0.5) is 5.69 Å². The molecule has 0 aliphatic rings. The van der Waals surface area contributed by atoms with Crippen LogP contribution in [0.15, 0.2) is 71.2 Å². The number of hydrogen-bond acceptors (Lipinski definition) is 4. The lowest BCUT2D eigenvalue weighted by Gasteiger charge is -2.09. The first-order valence-corrected chi connectivity index (χ1v) is 10.1. The lowest BCUT2D eigenvalue weighted by atomic mass is 10.3. The molecule has 128 valence electrons. The van der Waals surface area contributed by atoms with Crippen molar-refractivity contribution in [1.29, 1.82) is 0 Å². The number of carbonyl (C=O) groups is 1. The number of allylic oxidation sites excluding steroid dienone is 1. The van der Waals surface area contributed by atoms with Crippen LogP contribution < -0.4 is 5.32 Å². The molecule has 4 nitrogen and oxygen atoms in total. The highest BCUT2D eigenvalue weighted by molar-refractivity contribution is 7.99. The van der Waals surface area contributed by atoms with E-state index in [1.54, 1.807) is 11.8 Å². The Bertz CT molecular complexity index is 905. The molecule has 3 aromatic rings. The minimum Gasteiger partial charge on any atom is -0.324 e. The first kappa shape index (κ1) is 17.6. The van der Waals surface area contributed by atoms with Crippen LogP contribution in [-0.4, -0.2) is 27.5 Å². The number of imidazole rings is 1. The van der Waals surface area contributed by atoms with E-state index in [1.165, 1.54) is 11.8 Å². The van der Waals surface area contributed by atoms with Gasteiger partial charge in [0.25, 0.3) is 0 Å². The Kier molecular flexibility index (Phi) is 5.83.